The number of hydrogen-bond donors (Lipinski definition) is 1. The molecule has 2 amide bonds. The molecular formula is C23H24ClF3N2O2. The van der Waals surface area contributed by atoms with Gasteiger partial charge in [0.25, 0.3) is 5.91 Å². The van der Waals surface area contributed by atoms with E-state index >= 15 is 0 Å². The molecule has 2 aromatic carbocycles. The van der Waals surface area contributed by atoms with Gasteiger partial charge in [-0.2, -0.15) is 13.2 Å². The van der Waals surface area contributed by atoms with Gasteiger partial charge in [-0.3, -0.25) is 9.59 Å². The van der Waals surface area contributed by atoms with Gasteiger partial charge in [-0.25, -0.2) is 0 Å². The zero-order chi connectivity index (χ0) is 22.8. The van der Waals surface area contributed by atoms with E-state index in [1.54, 1.807) is 30.3 Å². The van der Waals surface area contributed by atoms with E-state index in [2.05, 4.69) is 5.32 Å². The Kier molecular flexibility index (Phi) is 6.94. The molecule has 0 saturated carbocycles. The third kappa shape index (κ3) is 5.39. The van der Waals surface area contributed by atoms with Gasteiger partial charge in [-0.05, 0) is 29.7 Å². The van der Waals surface area contributed by atoms with Gasteiger partial charge in [0.15, 0.2) is 0 Å². The molecule has 0 spiro atoms. The molecule has 1 saturated heterocycles. The molecule has 1 heterocycles. The lowest BCUT2D eigenvalue weighted by Crippen LogP contribution is -2.37. The van der Waals surface area contributed by atoms with Crippen LogP contribution in [0.5, 0.6) is 0 Å². The summed E-state index contributed by atoms with van der Waals surface area (Å²) in [6, 6.07) is 11.6. The number of carbonyl (C=O) groups is 2. The first-order valence-corrected chi connectivity index (χ1v) is 10.4. The molecule has 2 atom stereocenters. The summed E-state index contributed by atoms with van der Waals surface area (Å²) in [4.78, 5) is 27.4. The standard InChI is InChI=1S/C23H24ClF3N2O2/c1-14(2)11-28-21(30)19-13-29(22(31)17-8-3-4-9-20(17)24)12-18(19)15-6-5-7-16(10-15)23(25,26)27/h3-10,14,18-19H,11-13H2,1-2H3,(H,28,30). The van der Waals surface area contributed by atoms with Crippen molar-refractivity contribution in [3.8, 4) is 0 Å². The van der Waals surface area contributed by atoms with E-state index in [0.29, 0.717) is 17.7 Å². The largest absolute Gasteiger partial charge is 0.416 e. The summed E-state index contributed by atoms with van der Waals surface area (Å²) in [5, 5.41) is 3.14. The fraction of sp³-hybridized carbons (Fsp3) is 0.391. The molecule has 4 nitrogen and oxygen atoms in total. The lowest BCUT2D eigenvalue weighted by molar-refractivity contribution is -0.137. The van der Waals surface area contributed by atoms with Gasteiger partial charge in [0.2, 0.25) is 5.91 Å². The molecule has 1 aliphatic rings. The van der Waals surface area contributed by atoms with Crippen LogP contribution in [0.3, 0.4) is 0 Å². The van der Waals surface area contributed by atoms with Crippen LogP contribution in [-0.2, 0) is 11.0 Å². The summed E-state index contributed by atoms with van der Waals surface area (Å²) < 4.78 is 39.7. The van der Waals surface area contributed by atoms with Crippen molar-refractivity contribution in [1.29, 1.82) is 0 Å². The van der Waals surface area contributed by atoms with Crippen molar-refractivity contribution in [2.24, 2.45) is 11.8 Å². The molecule has 0 aliphatic carbocycles. The zero-order valence-electron chi connectivity index (χ0n) is 17.2. The van der Waals surface area contributed by atoms with Crippen molar-refractivity contribution in [1.82, 2.24) is 10.2 Å². The first-order valence-electron chi connectivity index (χ1n) is 10.1. The maximum absolute atomic E-state index is 13.2. The summed E-state index contributed by atoms with van der Waals surface area (Å²) in [7, 11) is 0. The molecule has 2 unspecified atom stereocenters. The van der Waals surface area contributed by atoms with Gasteiger partial charge in [-0.1, -0.05) is 55.8 Å². The SMILES string of the molecule is CC(C)CNC(=O)C1CN(C(=O)c2ccccc2Cl)CC1c1cccc(C(F)(F)F)c1. The number of likely N-dealkylation sites (tertiary alicyclic amines) is 1. The highest BCUT2D eigenvalue weighted by Crippen LogP contribution is 2.37. The highest BCUT2D eigenvalue weighted by Gasteiger charge is 2.41. The Morgan fingerprint density at radius 3 is 2.48 bits per heavy atom. The van der Waals surface area contributed by atoms with E-state index in [-0.39, 0.29) is 35.8 Å². The van der Waals surface area contributed by atoms with Crippen LogP contribution in [0.1, 0.15) is 41.3 Å². The maximum Gasteiger partial charge on any atom is 0.416 e. The fourth-order valence-electron chi connectivity index (χ4n) is 3.76. The Bertz CT molecular complexity index is 962. The molecule has 0 bridgehead atoms. The van der Waals surface area contributed by atoms with Crippen molar-refractivity contribution >= 4 is 23.4 Å². The normalized spacial score (nSPS) is 19.0. The fourth-order valence-corrected chi connectivity index (χ4v) is 3.98. The topological polar surface area (TPSA) is 49.4 Å². The second kappa shape index (κ2) is 9.30. The lowest BCUT2D eigenvalue weighted by atomic mass is 9.87. The smallest absolute Gasteiger partial charge is 0.356 e. The molecule has 1 aliphatic heterocycles. The molecular weight excluding hydrogens is 429 g/mol. The van der Waals surface area contributed by atoms with Crippen molar-refractivity contribution in [2.45, 2.75) is 25.9 Å². The lowest BCUT2D eigenvalue weighted by Gasteiger charge is -2.20. The number of nitrogens with zero attached hydrogens (tertiary/aromatic N) is 1. The van der Waals surface area contributed by atoms with E-state index < -0.39 is 23.6 Å². The molecule has 166 valence electrons. The monoisotopic (exact) mass is 452 g/mol. The van der Waals surface area contributed by atoms with E-state index in [1.165, 1.54) is 11.0 Å². The van der Waals surface area contributed by atoms with Crippen molar-refractivity contribution in [3.05, 3.63) is 70.2 Å². The number of alkyl halides is 3. The zero-order valence-corrected chi connectivity index (χ0v) is 18.0. The van der Waals surface area contributed by atoms with Gasteiger partial charge < -0.3 is 10.2 Å². The van der Waals surface area contributed by atoms with Gasteiger partial charge in [-0.15, -0.1) is 0 Å². The maximum atomic E-state index is 13.2. The number of nitrogens with one attached hydrogen (secondary N) is 1. The Labute approximate surface area is 184 Å². The third-order valence-corrected chi connectivity index (χ3v) is 5.70. The van der Waals surface area contributed by atoms with E-state index in [0.717, 1.165) is 12.1 Å². The van der Waals surface area contributed by atoms with Crippen LogP contribution < -0.4 is 5.32 Å². The molecule has 2 aromatic rings. The Morgan fingerprint density at radius 2 is 1.84 bits per heavy atom. The predicted molar refractivity (Wildman–Crippen MR) is 113 cm³/mol. The van der Waals surface area contributed by atoms with Gasteiger partial charge in [0.05, 0.1) is 22.1 Å². The quantitative estimate of drug-likeness (QED) is 0.695. The Morgan fingerprint density at radius 1 is 1.13 bits per heavy atom. The molecule has 1 fully saturated rings. The highest BCUT2D eigenvalue weighted by atomic mass is 35.5. The molecule has 0 radical (unpaired) electrons. The Hall–Kier alpha value is -2.54. The second-order valence-corrected chi connectivity index (χ2v) is 8.57. The average molecular weight is 453 g/mol. The van der Waals surface area contributed by atoms with E-state index in [1.807, 2.05) is 13.8 Å². The first kappa shape index (κ1) is 23.1. The predicted octanol–water partition coefficient (Wildman–Crippen LogP) is 4.99. The van der Waals surface area contributed by atoms with Gasteiger partial charge >= 0.3 is 6.18 Å². The molecule has 3 rings (SSSR count). The van der Waals surface area contributed by atoms with Crippen LogP contribution in [0.25, 0.3) is 0 Å². The first-order chi connectivity index (χ1) is 14.6. The number of carbonyl (C=O) groups excluding carboxylic acids is 2. The van der Waals surface area contributed by atoms with Crippen molar-refractivity contribution in [3.63, 3.8) is 0 Å². The van der Waals surface area contributed by atoms with Crippen LogP contribution in [-0.4, -0.2) is 36.3 Å². The Balaban J connectivity index is 1.92. The summed E-state index contributed by atoms with van der Waals surface area (Å²) in [5.41, 5.74) is -0.0913. The van der Waals surface area contributed by atoms with Crippen LogP contribution in [0.2, 0.25) is 5.02 Å². The number of amides is 2. The van der Waals surface area contributed by atoms with Crippen molar-refractivity contribution in [2.75, 3.05) is 19.6 Å². The highest BCUT2D eigenvalue weighted by molar-refractivity contribution is 6.33. The number of rotatable bonds is 5. The van der Waals surface area contributed by atoms with Crippen molar-refractivity contribution < 1.29 is 22.8 Å². The van der Waals surface area contributed by atoms with Crippen LogP contribution in [0.15, 0.2) is 48.5 Å². The van der Waals surface area contributed by atoms with Gasteiger partial charge in [0.1, 0.15) is 0 Å². The number of benzene rings is 2. The summed E-state index contributed by atoms with van der Waals surface area (Å²) in [6.45, 7) is 4.59. The molecule has 31 heavy (non-hydrogen) atoms. The van der Waals surface area contributed by atoms with E-state index in [4.69, 9.17) is 11.6 Å². The third-order valence-electron chi connectivity index (χ3n) is 5.37. The van der Waals surface area contributed by atoms with Crippen LogP contribution >= 0.6 is 11.6 Å². The van der Waals surface area contributed by atoms with Gasteiger partial charge in [0, 0.05) is 25.6 Å². The minimum Gasteiger partial charge on any atom is -0.356 e. The summed E-state index contributed by atoms with van der Waals surface area (Å²) in [5.74, 6) is -1.61. The minimum absolute atomic E-state index is 0.106. The van der Waals surface area contributed by atoms with E-state index in [9.17, 15) is 22.8 Å². The average Bonchev–Trinajstić information content (AvgIpc) is 3.17. The minimum atomic E-state index is -4.49. The molecule has 1 N–H and O–H groups in total. The molecule has 0 aromatic heterocycles. The van der Waals surface area contributed by atoms with Crippen LogP contribution in [0.4, 0.5) is 13.2 Å². The second-order valence-electron chi connectivity index (χ2n) is 8.17. The number of hydrogen-bond acceptors (Lipinski definition) is 2. The molecule has 8 heteroatoms. The summed E-state index contributed by atoms with van der Waals surface area (Å²) >= 11 is 6.15. The number of halogens is 4. The van der Waals surface area contributed by atoms with Crippen LogP contribution in [0, 0.1) is 11.8 Å². The summed E-state index contributed by atoms with van der Waals surface area (Å²) in [6.07, 6.45) is -4.49.